The zero-order valence-corrected chi connectivity index (χ0v) is 12.0. The quantitative estimate of drug-likeness (QED) is 0.755. The van der Waals surface area contributed by atoms with Gasteiger partial charge in [0, 0.05) is 11.2 Å². The van der Waals surface area contributed by atoms with Crippen LogP contribution in [0.4, 0.5) is 5.69 Å². The molecule has 0 fully saturated rings. The summed E-state index contributed by atoms with van der Waals surface area (Å²) >= 11 is 5.93. The molecule has 0 atom stereocenters. The summed E-state index contributed by atoms with van der Waals surface area (Å²) in [7, 11) is -3.76. The van der Waals surface area contributed by atoms with Gasteiger partial charge in [-0.25, -0.2) is 18.1 Å². The maximum atomic E-state index is 12.2. The van der Waals surface area contributed by atoms with Crippen molar-refractivity contribution in [1.29, 1.82) is 0 Å². The van der Waals surface area contributed by atoms with Crippen LogP contribution in [0.1, 0.15) is 0 Å². The first-order chi connectivity index (χ1) is 10.1. The van der Waals surface area contributed by atoms with E-state index < -0.39 is 10.0 Å². The standard InChI is InChI=1S/C11H9ClN6O2S/c12-8-1-2-11(18-7-13-6-16-18)10(3-8)17-21(19,20)9-4-14-15-5-9/h1-7,17H,(H,14,15). The number of H-pyrrole nitrogens is 1. The van der Waals surface area contributed by atoms with Gasteiger partial charge in [0.05, 0.1) is 17.6 Å². The van der Waals surface area contributed by atoms with Crippen molar-refractivity contribution in [3.63, 3.8) is 0 Å². The van der Waals surface area contributed by atoms with Crippen molar-refractivity contribution >= 4 is 27.3 Å². The van der Waals surface area contributed by atoms with Gasteiger partial charge in [-0.3, -0.25) is 9.82 Å². The number of benzene rings is 1. The molecule has 0 saturated heterocycles. The second kappa shape index (κ2) is 5.19. The zero-order chi connectivity index (χ0) is 14.9. The highest BCUT2D eigenvalue weighted by molar-refractivity contribution is 7.92. The van der Waals surface area contributed by atoms with Crippen molar-refractivity contribution in [2.45, 2.75) is 4.90 Å². The van der Waals surface area contributed by atoms with Crippen LogP contribution < -0.4 is 4.72 Å². The molecule has 2 N–H and O–H groups in total. The van der Waals surface area contributed by atoms with E-state index in [9.17, 15) is 8.42 Å². The summed E-state index contributed by atoms with van der Waals surface area (Å²) in [6.45, 7) is 0. The van der Waals surface area contributed by atoms with Crippen LogP contribution in [0.5, 0.6) is 0 Å². The number of aromatic amines is 1. The topological polar surface area (TPSA) is 106 Å². The van der Waals surface area contributed by atoms with Gasteiger partial charge in [0.15, 0.2) is 0 Å². The molecule has 0 unspecified atom stereocenters. The van der Waals surface area contributed by atoms with E-state index in [1.165, 1.54) is 35.8 Å². The van der Waals surface area contributed by atoms with Crippen molar-refractivity contribution in [1.82, 2.24) is 25.0 Å². The van der Waals surface area contributed by atoms with Crippen molar-refractivity contribution < 1.29 is 8.42 Å². The minimum Gasteiger partial charge on any atom is -0.284 e. The Labute approximate surface area is 124 Å². The molecule has 2 heterocycles. The summed E-state index contributed by atoms with van der Waals surface area (Å²) in [6.07, 6.45) is 5.30. The normalized spacial score (nSPS) is 11.5. The van der Waals surface area contributed by atoms with Gasteiger partial charge in [0.2, 0.25) is 0 Å². The van der Waals surface area contributed by atoms with E-state index in [2.05, 4.69) is 25.0 Å². The molecule has 2 aromatic heterocycles. The second-order valence-corrected chi connectivity index (χ2v) is 6.16. The zero-order valence-electron chi connectivity index (χ0n) is 10.4. The number of hydrogen-bond donors (Lipinski definition) is 2. The SMILES string of the molecule is O=S(=O)(Nc1cc(Cl)ccc1-n1cncn1)c1cn[nH]c1. The average molecular weight is 325 g/mol. The molecule has 3 aromatic rings. The molecule has 21 heavy (non-hydrogen) atoms. The number of sulfonamides is 1. The Kier molecular flexibility index (Phi) is 3.35. The average Bonchev–Trinajstić information content (AvgIpc) is 3.12. The first kappa shape index (κ1) is 13.6. The summed E-state index contributed by atoms with van der Waals surface area (Å²) in [5, 5.41) is 10.4. The van der Waals surface area contributed by atoms with Crippen molar-refractivity contribution in [2.75, 3.05) is 4.72 Å². The molecule has 10 heteroatoms. The Balaban J connectivity index is 2.05. The van der Waals surface area contributed by atoms with E-state index in [1.807, 2.05) is 0 Å². The lowest BCUT2D eigenvalue weighted by molar-refractivity contribution is 0.601. The van der Waals surface area contributed by atoms with Crippen LogP contribution in [0.3, 0.4) is 0 Å². The van der Waals surface area contributed by atoms with Crippen LogP contribution >= 0.6 is 11.6 Å². The highest BCUT2D eigenvalue weighted by Crippen LogP contribution is 2.26. The molecular weight excluding hydrogens is 316 g/mol. The van der Waals surface area contributed by atoms with Gasteiger partial charge in [-0.05, 0) is 18.2 Å². The fourth-order valence-electron chi connectivity index (χ4n) is 1.71. The number of rotatable bonds is 4. The smallest absolute Gasteiger partial charge is 0.265 e. The van der Waals surface area contributed by atoms with Crippen molar-refractivity contribution in [2.24, 2.45) is 0 Å². The monoisotopic (exact) mass is 324 g/mol. The third-order valence-corrected chi connectivity index (χ3v) is 4.22. The minimum atomic E-state index is -3.76. The Morgan fingerprint density at radius 2 is 2.19 bits per heavy atom. The third-order valence-electron chi connectivity index (χ3n) is 2.65. The van der Waals surface area contributed by atoms with Gasteiger partial charge in [0.1, 0.15) is 17.6 Å². The van der Waals surface area contributed by atoms with Crippen LogP contribution in [0, 0.1) is 0 Å². The maximum absolute atomic E-state index is 12.2. The predicted octanol–water partition coefficient (Wildman–Crippen LogP) is 1.44. The van der Waals surface area contributed by atoms with Gasteiger partial charge in [-0.1, -0.05) is 11.6 Å². The Bertz CT molecular complexity index is 845. The Morgan fingerprint density at radius 3 is 2.86 bits per heavy atom. The predicted molar refractivity (Wildman–Crippen MR) is 75.8 cm³/mol. The molecule has 0 saturated carbocycles. The fourth-order valence-corrected chi connectivity index (χ4v) is 2.85. The lowest BCUT2D eigenvalue weighted by atomic mass is 10.3. The van der Waals surface area contributed by atoms with Crippen molar-refractivity contribution in [3.8, 4) is 5.69 Å². The van der Waals surface area contributed by atoms with E-state index in [0.29, 0.717) is 10.7 Å². The van der Waals surface area contributed by atoms with Crippen LogP contribution in [-0.2, 0) is 10.0 Å². The summed E-state index contributed by atoms with van der Waals surface area (Å²) in [4.78, 5) is 3.86. The minimum absolute atomic E-state index is 0.0204. The number of anilines is 1. The van der Waals surface area contributed by atoms with E-state index in [4.69, 9.17) is 11.6 Å². The number of aromatic nitrogens is 5. The first-order valence-corrected chi connectivity index (χ1v) is 7.58. The maximum Gasteiger partial charge on any atom is 0.265 e. The molecule has 0 radical (unpaired) electrons. The fraction of sp³-hybridized carbons (Fsp3) is 0. The summed E-state index contributed by atoms with van der Waals surface area (Å²) in [5.74, 6) is 0. The van der Waals surface area contributed by atoms with E-state index in [0.717, 1.165) is 0 Å². The molecule has 3 rings (SSSR count). The van der Waals surface area contributed by atoms with E-state index in [1.54, 1.807) is 12.1 Å². The Hall–Kier alpha value is -2.39. The van der Waals surface area contributed by atoms with Gasteiger partial charge in [0.25, 0.3) is 10.0 Å². The molecule has 1 aromatic carbocycles. The van der Waals surface area contributed by atoms with Gasteiger partial charge in [-0.2, -0.15) is 10.2 Å². The van der Waals surface area contributed by atoms with Crippen LogP contribution in [0.2, 0.25) is 5.02 Å². The lowest BCUT2D eigenvalue weighted by Crippen LogP contribution is -2.14. The third kappa shape index (κ3) is 2.73. The summed E-state index contributed by atoms with van der Waals surface area (Å²) in [6, 6.07) is 4.77. The molecule has 108 valence electrons. The summed E-state index contributed by atoms with van der Waals surface area (Å²) in [5.41, 5.74) is 0.790. The lowest BCUT2D eigenvalue weighted by Gasteiger charge is -2.11. The first-order valence-electron chi connectivity index (χ1n) is 5.72. The molecule has 0 aliphatic heterocycles. The number of nitrogens with one attached hydrogen (secondary N) is 2. The number of hydrogen-bond acceptors (Lipinski definition) is 5. The van der Waals surface area contributed by atoms with Gasteiger partial charge < -0.3 is 0 Å². The van der Waals surface area contributed by atoms with E-state index in [-0.39, 0.29) is 10.6 Å². The molecular formula is C11H9ClN6O2S. The number of halogens is 1. The van der Waals surface area contributed by atoms with E-state index >= 15 is 0 Å². The van der Waals surface area contributed by atoms with Gasteiger partial charge in [-0.15, -0.1) is 0 Å². The van der Waals surface area contributed by atoms with Crippen LogP contribution in [-0.4, -0.2) is 33.4 Å². The summed E-state index contributed by atoms with van der Waals surface area (Å²) < 4.78 is 28.4. The number of nitrogens with zero attached hydrogens (tertiary/aromatic N) is 4. The largest absolute Gasteiger partial charge is 0.284 e. The second-order valence-electron chi connectivity index (χ2n) is 4.04. The van der Waals surface area contributed by atoms with Gasteiger partial charge >= 0.3 is 0 Å². The van der Waals surface area contributed by atoms with Crippen LogP contribution in [0.25, 0.3) is 5.69 Å². The molecule has 8 nitrogen and oxygen atoms in total. The Morgan fingerprint density at radius 1 is 1.33 bits per heavy atom. The molecule has 0 bridgehead atoms. The molecule has 0 aliphatic carbocycles. The highest BCUT2D eigenvalue weighted by atomic mass is 35.5. The highest BCUT2D eigenvalue weighted by Gasteiger charge is 2.18. The van der Waals surface area contributed by atoms with Crippen molar-refractivity contribution in [3.05, 3.63) is 48.3 Å². The molecule has 0 aliphatic rings. The molecule has 0 amide bonds. The van der Waals surface area contributed by atoms with Crippen LogP contribution in [0.15, 0.2) is 48.1 Å². The molecule has 0 spiro atoms.